The molecule has 0 aromatic heterocycles. The van der Waals surface area contributed by atoms with Crippen molar-refractivity contribution in [2.24, 2.45) is 0 Å². The van der Waals surface area contributed by atoms with Crippen LogP contribution >= 0.6 is 0 Å². The van der Waals surface area contributed by atoms with Crippen molar-refractivity contribution >= 4 is 11.7 Å². The third kappa shape index (κ3) is 7.72. The number of benzene rings is 2. The zero-order valence-electron chi connectivity index (χ0n) is 20.8. The van der Waals surface area contributed by atoms with Crippen molar-refractivity contribution in [2.75, 3.05) is 32.8 Å². The number of aliphatic hydroxyl groups is 1. The quantitative estimate of drug-likeness (QED) is 0.328. The van der Waals surface area contributed by atoms with Crippen LogP contribution in [0.2, 0.25) is 0 Å². The summed E-state index contributed by atoms with van der Waals surface area (Å²) in [5.41, 5.74) is 1.07. The van der Waals surface area contributed by atoms with Crippen LogP contribution in [-0.4, -0.2) is 66.8 Å². The maximum absolute atomic E-state index is 13.8. The molecule has 0 unspecified atom stereocenters. The second-order valence-electron chi connectivity index (χ2n) is 9.66. The van der Waals surface area contributed by atoms with Gasteiger partial charge in [-0.1, -0.05) is 12.5 Å². The number of nitrogens with zero attached hydrogens (tertiary/aromatic N) is 1. The molecule has 0 spiro atoms. The molecule has 2 N–H and O–H groups in total. The Hall–Kier alpha value is -3.04. The average Bonchev–Trinajstić information content (AvgIpc) is 3.32. The molecule has 0 radical (unpaired) electrons. The van der Waals surface area contributed by atoms with Gasteiger partial charge in [0.2, 0.25) is 5.91 Å². The summed E-state index contributed by atoms with van der Waals surface area (Å²) in [7, 11) is 0. The van der Waals surface area contributed by atoms with Crippen LogP contribution in [0.4, 0.5) is 8.78 Å². The highest BCUT2D eigenvalue weighted by molar-refractivity contribution is 5.95. The molecule has 2 aliphatic rings. The van der Waals surface area contributed by atoms with E-state index in [2.05, 4.69) is 5.32 Å². The van der Waals surface area contributed by atoms with Crippen LogP contribution in [0.5, 0.6) is 11.5 Å². The zero-order chi connectivity index (χ0) is 26.2. The van der Waals surface area contributed by atoms with Crippen molar-refractivity contribution in [1.82, 2.24) is 10.2 Å². The molecular weight excluding hydrogens is 482 g/mol. The summed E-state index contributed by atoms with van der Waals surface area (Å²) in [6.45, 7) is 2.07. The smallest absolute Gasteiger partial charge is 0.220 e. The first-order valence-electron chi connectivity index (χ1n) is 12.9. The van der Waals surface area contributed by atoms with Crippen LogP contribution in [0.3, 0.4) is 0 Å². The highest BCUT2D eigenvalue weighted by Crippen LogP contribution is 2.33. The second kappa shape index (κ2) is 13.0. The Kier molecular flexibility index (Phi) is 9.46. The Labute approximate surface area is 215 Å². The van der Waals surface area contributed by atoms with Crippen molar-refractivity contribution in [2.45, 2.75) is 56.8 Å². The van der Waals surface area contributed by atoms with Gasteiger partial charge in [0.1, 0.15) is 31.3 Å². The van der Waals surface area contributed by atoms with Crippen molar-refractivity contribution in [3.05, 3.63) is 59.4 Å². The van der Waals surface area contributed by atoms with E-state index >= 15 is 0 Å². The molecule has 37 heavy (non-hydrogen) atoms. The van der Waals surface area contributed by atoms with E-state index in [-0.39, 0.29) is 30.5 Å². The molecule has 2 heterocycles. The minimum atomic E-state index is -1.01. The summed E-state index contributed by atoms with van der Waals surface area (Å²) < 4.78 is 38.0. The number of carbonyl (C=O) groups excluding carboxylic acids is 2. The Morgan fingerprint density at radius 3 is 2.49 bits per heavy atom. The molecule has 4 rings (SSSR count). The first-order valence-corrected chi connectivity index (χ1v) is 12.9. The Morgan fingerprint density at radius 1 is 1.03 bits per heavy atom. The first-order chi connectivity index (χ1) is 17.9. The predicted octanol–water partition coefficient (Wildman–Crippen LogP) is 3.99. The van der Waals surface area contributed by atoms with Crippen LogP contribution < -0.4 is 14.8 Å². The Morgan fingerprint density at radius 2 is 1.76 bits per heavy atom. The molecule has 0 saturated carbocycles. The van der Waals surface area contributed by atoms with Gasteiger partial charge < -0.3 is 19.9 Å². The summed E-state index contributed by atoms with van der Waals surface area (Å²) in [5.74, 6) is 0.522. The number of Topliss-reactive ketones (excluding diaryl/α,β-unsaturated/α-hetero) is 1. The van der Waals surface area contributed by atoms with Gasteiger partial charge in [-0.15, -0.1) is 0 Å². The van der Waals surface area contributed by atoms with Gasteiger partial charge in [0.25, 0.3) is 0 Å². The van der Waals surface area contributed by atoms with Gasteiger partial charge in [-0.05, 0) is 61.2 Å². The van der Waals surface area contributed by atoms with Crippen LogP contribution in [0.15, 0.2) is 42.5 Å². The third-order valence-corrected chi connectivity index (χ3v) is 6.78. The molecule has 0 bridgehead atoms. The topological polar surface area (TPSA) is 88.1 Å². The zero-order valence-corrected chi connectivity index (χ0v) is 20.8. The number of halogens is 2. The highest BCUT2D eigenvalue weighted by Gasteiger charge is 2.30. The summed E-state index contributed by atoms with van der Waals surface area (Å²) in [5, 5.41) is 14.1. The molecule has 0 aliphatic carbocycles. The summed E-state index contributed by atoms with van der Waals surface area (Å²) in [6.07, 6.45) is 1.01. The standard InChI is InChI=1S/C28H34F2N2O5/c29-21-9-6-19(7-10-21)24(33)4-2-1-3-5-27(34)31-23(18-32-13-12-22(30)17-32)28(35)20-8-11-25-26(16-20)37-15-14-36-25/h6-11,16,22-23,28,35H,1-5,12-15,17-18H2,(H,31,34)/t22-,23-,28-/m1/s1. The van der Waals surface area contributed by atoms with E-state index in [4.69, 9.17) is 9.47 Å². The summed E-state index contributed by atoms with van der Waals surface area (Å²) >= 11 is 0. The number of fused-ring (bicyclic) bond motifs is 1. The largest absolute Gasteiger partial charge is 0.486 e. The molecule has 2 aromatic carbocycles. The number of hydrogen-bond acceptors (Lipinski definition) is 6. The van der Waals surface area contributed by atoms with Crippen LogP contribution in [-0.2, 0) is 4.79 Å². The van der Waals surface area contributed by atoms with Gasteiger partial charge in [-0.25, -0.2) is 8.78 Å². The molecule has 1 fully saturated rings. The predicted molar refractivity (Wildman–Crippen MR) is 134 cm³/mol. The Balaban J connectivity index is 1.28. The number of nitrogens with one attached hydrogen (secondary N) is 1. The van der Waals surface area contributed by atoms with Gasteiger partial charge in [-0.2, -0.15) is 0 Å². The first kappa shape index (κ1) is 27.0. The molecule has 1 amide bonds. The lowest BCUT2D eigenvalue weighted by atomic mass is 10.00. The van der Waals surface area contributed by atoms with Crippen LogP contribution in [0, 0.1) is 5.82 Å². The number of alkyl halides is 1. The van der Waals surface area contributed by atoms with Crippen LogP contribution in [0.25, 0.3) is 0 Å². The number of hydrogen-bond donors (Lipinski definition) is 2. The van der Waals surface area contributed by atoms with Gasteiger partial charge in [0.05, 0.1) is 6.04 Å². The molecule has 200 valence electrons. The molecular formula is C28H34F2N2O5. The number of aliphatic hydroxyl groups excluding tert-OH is 1. The van der Waals surface area contributed by atoms with E-state index in [1.165, 1.54) is 24.3 Å². The maximum Gasteiger partial charge on any atom is 0.220 e. The molecule has 2 aromatic rings. The average molecular weight is 517 g/mol. The van der Waals surface area contributed by atoms with Gasteiger partial charge in [0.15, 0.2) is 17.3 Å². The minimum absolute atomic E-state index is 0.0520. The number of unbranched alkanes of at least 4 members (excludes halogenated alkanes) is 2. The van der Waals surface area contributed by atoms with Crippen molar-refractivity contribution in [3.63, 3.8) is 0 Å². The fourth-order valence-corrected chi connectivity index (χ4v) is 4.74. The molecule has 2 aliphatic heterocycles. The van der Waals surface area contributed by atoms with E-state index in [0.717, 1.165) is 0 Å². The number of carbonyl (C=O) groups is 2. The number of ether oxygens (including phenoxy) is 2. The number of ketones is 1. The monoisotopic (exact) mass is 516 g/mol. The highest BCUT2D eigenvalue weighted by atomic mass is 19.1. The molecule has 7 nitrogen and oxygen atoms in total. The fourth-order valence-electron chi connectivity index (χ4n) is 4.74. The van der Waals surface area contributed by atoms with Crippen molar-refractivity contribution in [3.8, 4) is 11.5 Å². The lowest BCUT2D eigenvalue weighted by Gasteiger charge is -2.29. The van der Waals surface area contributed by atoms with E-state index in [1.807, 2.05) is 4.90 Å². The summed E-state index contributed by atoms with van der Waals surface area (Å²) in [6, 6.07) is 10.1. The van der Waals surface area contributed by atoms with E-state index in [9.17, 15) is 23.5 Å². The minimum Gasteiger partial charge on any atom is -0.486 e. The molecule has 1 saturated heterocycles. The fraction of sp³-hybridized carbons (Fsp3) is 0.500. The van der Waals surface area contributed by atoms with Crippen LogP contribution in [0.1, 0.15) is 60.6 Å². The van der Waals surface area contributed by atoms with E-state index in [1.54, 1.807) is 18.2 Å². The van der Waals surface area contributed by atoms with Gasteiger partial charge in [-0.3, -0.25) is 14.5 Å². The normalized spacial score (nSPS) is 18.8. The van der Waals surface area contributed by atoms with Crippen molar-refractivity contribution in [1.29, 1.82) is 0 Å². The number of likely N-dealkylation sites (tertiary alicyclic amines) is 1. The maximum atomic E-state index is 13.8. The third-order valence-electron chi connectivity index (χ3n) is 6.78. The lowest BCUT2D eigenvalue weighted by molar-refractivity contribution is -0.123. The number of amides is 1. The molecule has 3 atom stereocenters. The molecule has 9 heteroatoms. The summed E-state index contributed by atoms with van der Waals surface area (Å²) in [4.78, 5) is 26.9. The second-order valence-corrected chi connectivity index (χ2v) is 9.66. The van der Waals surface area contributed by atoms with E-state index < -0.39 is 18.3 Å². The van der Waals surface area contributed by atoms with Gasteiger partial charge >= 0.3 is 0 Å². The van der Waals surface area contributed by atoms with Crippen molar-refractivity contribution < 1.29 is 33.0 Å². The van der Waals surface area contributed by atoms with Gasteiger partial charge in [0, 0.05) is 38.0 Å². The Bertz CT molecular complexity index is 1070. The number of rotatable bonds is 12. The lowest BCUT2D eigenvalue weighted by Crippen LogP contribution is -2.46. The van der Waals surface area contributed by atoms with E-state index in [0.29, 0.717) is 81.0 Å². The SMILES string of the molecule is O=C(CCCCCC(=O)c1ccc(F)cc1)N[C@H](CN1CC[C@@H](F)C1)[C@H](O)c1ccc2c(c1)OCCO2.